The zero-order valence-corrected chi connectivity index (χ0v) is 17.0. The van der Waals surface area contributed by atoms with Gasteiger partial charge in [0.15, 0.2) is 0 Å². The third-order valence-electron chi connectivity index (χ3n) is 3.74. The van der Waals surface area contributed by atoms with E-state index in [-0.39, 0.29) is 30.6 Å². The molecule has 152 valence electrons. The van der Waals surface area contributed by atoms with E-state index >= 15 is 0 Å². The minimum atomic E-state index is -0.586. The lowest BCUT2D eigenvalue weighted by Gasteiger charge is -2.04. The van der Waals surface area contributed by atoms with Crippen molar-refractivity contribution in [2.24, 2.45) is 5.16 Å². The van der Waals surface area contributed by atoms with Gasteiger partial charge in [0.2, 0.25) is 5.78 Å². The zero-order valence-electron chi connectivity index (χ0n) is 16.2. The number of thioether (sulfide) groups is 1. The summed E-state index contributed by atoms with van der Waals surface area (Å²) in [6.07, 6.45) is 8.04. The predicted octanol–water partition coefficient (Wildman–Crippen LogP) is 2.78. The molecule has 8 heteroatoms. The molecule has 0 saturated heterocycles. The highest BCUT2D eigenvalue weighted by molar-refractivity contribution is 8.03. The fourth-order valence-corrected chi connectivity index (χ4v) is 3.18. The van der Waals surface area contributed by atoms with Crippen molar-refractivity contribution in [1.29, 1.82) is 0 Å². The number of ketones is 1. The van der Waals surface area contributed by atoms with Crippen LogP contribution in [0.2, 0.25) is 0 Å². The maximum absolute atomic E-state index is 12.3. The molecule has 0 fully saturated rings. The Hall–Kier alpha value is -2.97. The summed E-state index contributed by atoms with van der Waals surface area (Å²) in [5.74, 6) is -1.13. The molecular weight excluding hydrogens is 392 g/mol. The maximum atomic E-state index is 12.3. The van der Waals surface area contributed by atoms with Crippen LogP contribution in [0.25, 0.3) is 0 Å². The number of carbonyl (C=O) groups excluding carboxylic acids is 3. The molecule has 2 N–H and O–H groups in total. The largest absolute Gasteiger partial charge is 0.395 e. The molecule has 1 aliphatic carbocycles. The van der Waals surface area contributed by atoms with E-state index in [2.05, 4.69) is 15.3 Å². The fraction of sp³-hybridized carbons (Fsp3) is 0.238. The normalized spacial score (nSPS) is 13.8. The lowest BCUT2D eigenvalue weighted by Crippen LogP contribution is -2.27. The number of allylic oxidation sites excluding steroid dienone is 3. The molecule has 2 rings (SSSR count). The number of aliphatic hydroxyl groups excluding tert-OH is 1. The van der Waals surface area contributed by atoms with Crippen LogP contribution in [-0.4, -0.2) is 41.6 Å². The van der Waals surface area contributed by atoms with Crippen LogP contribution in [0.5, 0.6) is 0 Å². The molecule has 29 heavy (non-hydrogen) atoms. The maximum Gasteiger partial charge on any atom is 0.331 e. The standard InChI is InChI=1S/C21H22N2O5S/c1-14(23-28-15(2)25)20(26)16-6-9-19(10-7-16)29-18-5-3-4-17(8-11-18)21(27)22-12-13-24/h4-11,24H,3,12-13H2,1-2H3,(H,22,27)/b23-14+. The zero-order chi connectivity index (χ0) is 21.2. The van der Waals surface area contributed by atoms with E-state index in [1.54, 1.807) is 18.2 Å². The summed E-state index contributed by atoms with van der Waals surface area (Å²) in [4.78, 5) is 41.4. The molecule has 7 nitrogen and oxygen atoms in total. The second-order valence-corrected chi connectivity index (χ2v) is 7.18. The van der Waals surface area contributed by atoms with Gasteiger partial charge < -0.3 is 15.3 Å². The van der Waals surface area contributed by atoms with Crippen LogP contribution in [0.15, 0.2) is 69.1 Å². The summed E-state index contributed by atoms with van der Waals surface area (Å²) in [5.41, 5.74) is 1.08. The summed E-state index contributed by atoms with van der Waals surface area (Å²) < 4.78 is 0. The Labute approximate surface area is 173 Å². The smallest absolute Gasteiger partial charge is 0.331 e. The number of hydrogen-bond acceptors (Lipinski definition) is 7. The van der Waals surface area contributed by atoms with Gasteiger partial charge in [0, 0.05) is 34.4 Å². The van der Waals surface area contributed by atoms with Crippen molar-refractivity contribution in [3.63, 3.8) is 0 Å². The molecular formula is C21H22N2O5S. The summed E-state index contributed by atoms with van der Waals surface area (Å²) >= 11 is 1.51. The van der Waals surface area contributed by atoms with Crippen molar-refractivity contribution in [1.82, 2.24) is 5.32 Å². The van der Waals surface area contributed by atoms with Gasteiger partial charge in [-0.2, -0.15) is 0 Å². The number of hydrogen-bond donors (Lipinski definition) is 2. The van der Waals surface area contributed by atoms with E-state index in [9.17, 15) is 14.4 Å². The summed E-state index contributed by atoms with van der Waals surface area (Å²) in [7, 11) is 0. The third-order valence-corrected chi connectivity index (χ3v) is 4.78. The van der Waals surface area contributed by atoms with E-state index < -0.39 is 5.97 Å². The number of aliphatic hydroxyl groups is 1. The van der Waals surface area contributed by atoms with Gasteiger partial charge in [-0.1, -0.05) is 29.1 Å². The Balaban J connectivity index is 1.99. The van der Waals surface area contributed by atoms with E-state index in [0.717, 1.165) is 9.80 Å². The van der Waals surface area contributed by atoms with Gasteiger partial charge in [-0.15, -0.1) is 0 Å². The average Bonchev–Trinajstić information content (AvgIpc) is 2.96. The number of rotatable bonds is 8. The number of Topliss-reactive ketones (excluding diaryl/α,β-unsaturated/α-hetero) is 1. The second-order valence-electron chi connectivity index (χ2n) is 6.03. The van der Waals surface area contributed by atoms with Gasteiger partial charge in [0.1, 0.15) is 5.71 Å². The van der Waals surface area contributed by atoms with Crippen molar-refractivity contribution in [3.05, 3.63) is 64.6 Å². The number of oxime groups is 1. The first-order valence-corrected chi connectivity index (χ1v) is 9.74. The molecule has 0 heterocycles. The van der Waals surface area contributed by atoms with E-state index in [1.165, 1.54) is 25.6 Å². The first kappa shape index (κ1) is 22.3. The predicted molar refractivity (Wildman–Crippen MR) is 112 cm³/mol. The summed E-state index contributed by atoms with van der Waals surface area (Å²) in [5, 5.41) is 14.9. The minimum absolute atomic E-state index is 0.0908. The van der Waals surface area contributed by atoms with Gasteiger partial charge >= 0.3 is 5.97 Å². The number of amides is 1. The quantitative estimate of drug-likeness (QED) is 0.293. The number of benzene rings is 1. The molecule has 1 amide bonds. The van der Waals surface area contributed by atoms with Gasteiger partial charge in [-0.25, -0.2) is 4.79 Å². The first-order valence-electron chi connectivity index (χ1n) is 8.93. The van der Waals surface area contributed by atoms with E-state index in [4.69, 9.17) is 5.11 Å². The highest BCUT2D eigenvalue weighted by Crippen LogP contribution is 2.30. The molecule has 1 aliphatic rings. The third kappa shape index (κ3) is 7.17. The molecule has 0 radical (unpaired) electrons. The van der Waals surface area contributed by atoms with Crippen molar-refractivity contribution in [3.8, 4) is 0 Å². The Bertz CT molecular complexity index is 898. The lowest BCUT2D eigenvalue weighted by molar-refractivity contribution is -0.140. The fourth-order valence-electron chi connectivity index (χ4n) is 2.32. The highest BCUT2D eigenvalue weighted by Gasteiger charge is 2.12. The van der Waals surface area contributed by atoms with Gasteiger partial charge in [-0.05, 0) is 49.8 Å². The lowest BCUT2D eigenvalue weighted by atomic mass is 10.1. The molecule has 0 atom stereocenters. The van der Waals surface area contributed by atoms with Crippen LogP contribution in [0.1, 0.15) is 30.6 Å². The second kappa shape index (κ2) is 11.1. The number of nitrogens with zero attached hydrogens (tertiary/aromatic N) is 1. The van der Waals surface area contributed by atoms with Crippen molar-refractivity contribution >= 4 is 35.1 Å². The molecule has 1 aromatic rings. The molecule has 0 bridgehead atoms. The molecule has 0 saturated carbocycles. The molecule has 0 aromatic heterocycles. The molecule has 0 spiro atoms. The Morgan fingerprint density at radius 1 is 1.14 bits per heavy atom. The number of carbonyl (C=O) groups is 3. The van der Waals surface area contributed by atoms with Gasteiger partial charge in [0.25, 0.3) is 5.91 Å². The van der Waals surface area contributed by atoms with Gasteiger partial charge in [0.05, 0.1) is 6.61 Å². The van der Waals surface area contributed by atoms with Crippen LogP contribution < -0.4 is 5.32 Å². The van der Waals surface area contributed by atoms with Crippen LogP contribution in [0.4, 0.5) is 0 Å². The van der Waals surface area contributed by atoms with Crippen LogP contribution in [0, 0.1) is 0 Å². The van der Waals surface area contributed by atoms with E-state index in [1.807, 2.05) is 30.4 Å². The Morgan fingerprint density at radius 2 is 1.86 bits per heavy atom. The molecule has 0 unspecified atom stereocenters. The van der Waals surface area contributed by atoms with Crippen LogP contribution in [0.3, 0.4) is 0 Å². The monoisotopic (exact) mass is 414 g/mol. The van der Waals surface area contributed by atoms with Crippen molar-refractivity contribution in [2.45, 2.75) is 25.2 Å². The Kier molecular flexibility index (Phi) is 8.57. The van der Waals surface area contributed by atoms with Crippen LogP contribution in [-0.2, 0) is 14.4 Å². The molecule has 1 aromatic carbocycles. The average molecular weight is 414 g/mol. The highest BCUT2D eigenvalue weighted by atomic mass is 32.2. The van der Waals surface area contributed by atoms with E-state index in [0.29, 0.717) is 17.6 Å². The summed E-state index contributed by atoms with van der Waals surface area (Å²) in [6.45, 7) is 2.81. The van der Waals surface area contributed by atoms with Crippen LogP contribution >= 0.6 is 11.8 Å². The topological polar surface area (TPSA) is 105 Å². The number of nitrogens with one attached hydrogen (secondary N) is 1. The molecule has 0 aliphatic heterocycles. The van der Waals surface area contributed by atoms with Crippen molar-refractivity contribution in [2.75, 3.05) is 13.2 Å². The Morgan fingerprint density at radius 3 is 2.52 bits per heavy atom. The SMILES string of the molecule is CC(=O)O/N=C(\C)C(=O)c1ccc(SC2=CCC=C(C(=O)NCCO)C=C2)cc1. The minimum Gasteiger partial charge on any atom is -0.395 e. The first-order chi connectivity index (χ1) is 13.9. The van der Waals surface area contributed by atoms with Crippen molar-refractivity contribution < 1.29 is 24.3 Å². The summed E-state index contributed by atoms with van der Waals surface area (Å²) in [6, 6.07) is 7.01. The van der Waals surface area contributed by atoms with Gasteiger partial charge in [-0.3, -0.25) is 9.59 Å².